The van der Waals surface area contributed by atoms with Crippen LogP contribution in [0.3, 0.4) is 0 Å². The number of methoxy groups -OCH3 is 1. The van der Waals surface area contributed by atoms with Gasteiger partial charge in [0.25, 0.3) is 5.91 Å². The Morgan fingerprint density at radius 3 is 2.50 bits per heavy atom. The number of nitrogens with zero attached hydrogens (tertiary/aromatic N) is 2. The third-order valence-corrected chi connectivity index (χ3v) is 4.84. The Hall–Kier alpha value is -2.89. The highest BCUT2D eigenvalue weighted by atomic mass is 35.5. The van der Waals surface area contributed by atoms with Crippen molar-refractivity contribution >= 4 is 23.7 Å². The number of carbonyl (C=O) groups is 1. The van der Waals surface area contributed by atoms with Crippen molar-refractivity contribution < 1.29 is 9.53 Å². The van der Waals surface area contributed by atoms with E-state index in [1.165, 1.54) is 7.11 Å². The summed E-state index contributed by atoms with van der Waals surface area (Å²) in [6, 6.07) is 19.0. The molecule has 0 saturated carbocycles. The van der Waals surface area contributed by atoms with Gasteiger partial charge in [0.05, 0.1) is 16.9 Å². The maximum absolute atomic E-state index is 12.4. The van der Waals surface area contributed by atoms with E-state index in [-0.39, 0.29) is 5.91 Å². The first kappa shape index (κ1) is 19.9. The lowest BCUT2D eigenvalue weighted by atomic mass is 10.1. The predicted molar refractivity (Wildman–Crippen MR) is 112 cm³/mol. The summed E-state index contributed by atoms with van der Waals surface area (Å²) in [6.07, 6.45) is 0.916. The van der Waals surface area contributed by atoms with Gasteiger partial charge < -0.3 is 9.30 Å². The van der Waals surface area contributed by atoms with E-state index in [2.05, 4.69) is 15.1 Å². The zero-order chi connectivity index (χ0) is 20.1. The molecule has 5 nitrogen and oxygen atoms in total. The molecule has 3 aromatic rings. The third kappa shape index (κ3) is 4.16. The molecule has 0 spiro atoms. The molecule has 0 aliphatic heterocycles. The van der Waals surface area contributed by atoms with E-state index in [9.17, 15) is 4.79 Å². The van der Waals surface area contributed by atoms with Crippen molar-refractivity contribution in [2.45, 2.75) is 20.0 Å². The van der Waals surface area contributed by atoms with Gasteiger partial charge in [-0.1, -0.05) is 54.1 Å². The van der Waals surface area contributed by atoms with Gasteiger partial charge in [-0.2, -0.15) is 5.10 Å². The third-order valence-electron chi connectivity index (χ3n) is 4.52. The van der Waals surface area contributed by atoms with Crippen molar-refractivity contribution in [1.29, 1.82) is 0 Å². The number of hydrogen-bond acceptors (Lipinski definition) is 3. The maximum Gasteiger partial charge on any atom is 0.273 e. The van der Waals surface area contributed by atoms with E-state index < -0.39 is 6.10 Å². The highest BCUT2D eigenvalue weighted by molar-refractivity contribution is 6.32. The molecule has 28 heavy (non-hydrogen) atoms. The summed E-state index contributed by atoms with van der Waals surface area (Å²) in [7, 11) is 1.50. The fraction of sp³-hybridized carbons (Fsp3) is 0.182. The first-order valence-corrected chi connectivity index (χ1v) is 9.25. The standard InChI is InChI=1S/C22H22ClN3O2/c1-15-13-18(16(2)26(15)20-12-8-7-11-19(20)23)14-24-25-22(27)21(28-3)17-9-5-4-6-10-17/h4-14,21H,1-3H3,(H,25,27)/b24-14+. The molecule has 1 amide bonds. The SMILES string of the molecule is COC(C(=O)N/N=C/c1cc(C)n(-c2ccccc2Cl)c1C)c1ccccc1. The quantitative estimate of drug-likeness (QED) is 0.490. The first-order chi connectivity index (χ1) is 13.5. The number of carbonyl (C=O) groups excluding carboxylic acids is 1. The molecule has 1 N–H and O–H groups in total. The number of benzene rings is 2. The topological polar surface area (TPSA) is 55.6 Å². The van der Waals surface area contributed by atoms with E-state index >= 15 is 0 Å². The summed E-state index contributed by atoms with van der Waals surface area (Å²) in [5, 5.41) is 4.79. The molecule has 0 radical (unpaired) electrons. The van der Waals surface area contributed by atoms with Crippen molar-refractivity contribution in [1.82, 2.24) is 9.99 Å². The Labute approximate surface area is 169 Å². The Morgan fingerprint density at radius 1 is 1.14 bits per heavy atom. The van der Waals surface area contributed by atoms with Gasteiger partial charge in [-0.05, 0) is 37.6 Å². The van der Waals surface area contributed by atoms with Gasteiger partial charge in [0, 0.05) is 24.1 Å². The fourth-order valence-corrected chi connectivity index (χ4v) is 3.39. The Kier molecular flexibility index (Phi) is 6.29. The van der Waals surface area contributed by atoms with Gasteiger partial charge in [-0.3, -0.25) is 4.79 Å². The fourth-order valence-electron chi connectivity index (χ4n) is 3.17. The molecule has 3 rings (SSSR count). The van der Waals surface area contributed by atoms with Crippen LogP contribution in [0.4, 0.5) is 0 Å². The lowest BCUT2D eigenvalue weighted by Gasteiger charge is -2.13. The number of nitrogens with one attached hydrogen (secondary N) is 1. The second kappa shape index (κ2) is 8.87. The molecule has 1 unspecified atom stereocenters. The van der Waals surface area contributed by atoms with Crippen LogP contribution in [0.25, 0.3) is 5.69 Å². The summed E-state index contributed by atoms with van der Waals surface area (Å²) in [5.41, 5.74) is 7.14. The van der Waals surface area contributed by atoms with Crippen LogP contribution >= 0.6 is 11.6 Å². The van der Waals surface area contributed by atoms with Crippen LogP contribution in [0, 0.1) is 13.8 Å². The Morgan fingerprint density at radius 2 is 1.82 bits per heavy atom. The Bertz CT molecular complexity index is 996. The molecule has 1 heterocycles. The van der Waals surface area contributed by atoms with E-state index in [0.717, 1.165) is 28.2 Å². The summed E-state index contributed by atoms with van der Waals surface area (Å²) in [5.74, 6) is -0.329. The van der Waals surface area contributed by atoms with Gasteiger partial charge in [0.15, 0.2) is 6.10 Å². The van der Waals surface area contributed by atoms with E-state index in [1.54, 1.807) is 6.21 Å². The second-order valence-electron chi connectivity index (χ2n) is 6.37. The van der Waals surface area contributed by atoms with E-state index in [1.807, 2.05) is 74.5 Å². The summed E-state index contributed by atoms with van der Waals surface area (Å²) in [4.78, 5) is 12.4. The summed E-state index contributed by atoms with van der Waals surface area (Å²) in [6.45, 7) is 3.99. The van der Waals surface area contributed by atoms with Crippen LogP contribution < -0.4 is 5.43 Å². The minimum atomic E-state index is -0.714. The average molecular weight is 396 g/mol. The molecule has 2 aromatic carbocycles. The number of hydrogen-bond donors (Lipinski definition) is 1. The van der Waals surface area contributed by atoms with Crippen molar-refractivity contribution in [3.63, 3.8) is 0 Å². The van der Waals surface area contributed by atoms with E-state index in [0.29, 0.717) is 5.02 Å². The smallest absolute Gasteiger partial charge is 0.273 e. The lowest BCUT2D eigenvalue weighted by molar-refractivity contribution is -0.131. The molecule has 0 bridgehead atoms. The van der Waals surface area contributed by atoms with Gasteiger partial charge >= 0.3 is 0 Å². The van der Waals surface area contributed by atoms with Crippen LogP contribution in [0.1, 0.15) is 28.6 Å². The zero-order valence-electron chi connectivity index (χ0n) is 16.0. The largest absolute Gasteiger partial charge is 0.367 e. The van der Waals surface area contributed by atoms with Gasteiger partial charge in [-0.25, -0.2) is 5.43 Å². The highest BCUT2D eigenvalue weighted by Gasteiger charge is 2.19. The molecule has 0 saturated heterocycles. The van der Waals surface area contributed by atoms with Crippen molar-refractivity contribution in [2.75, 3.05) is 7.11 Å². The van der Waals surface area contributed by atoms with Crippen LogP contribution in [0.2, 0.25) is 5.02 Å². The molecule has 6 heteroatoms. The summed E-state index contributed by atoms with van der Waals surface area (Å²) < 4.78 is 7.38. The minimum Gasteiger partial charge on any atom is -0.367 e. The van der Waals surface area contributed by atoms with Crippen molar-refractivity contribution in [3.05, 3.63) is 88.2 Å². The molecule has 0 aliphatic rings. The van der Waals surface area contributed by atoms with Crippen LogP contribution in [0.15, 0.2) is 65.8 Å². The lowest BCUT2D eigenvalue weighted by Crippen LogP contribution is -2.26. The molecular weight excluding hydrogens is 374 g/mol. The first-order valence-electron chi connectivity index (χ1n) is 8.87. The molecule has 1 atom stereocenters. The normalized spacial score (nSPS) is 12.3. The minimum absolute atomic E-state index is 0.329. The monoisotopic (exact) mass is 395 g/mol. The van der Waals surface area contributed by atoms with Crippen LogP contribution in [-0.2, 0) is 9.53 Å². The maximum atomic E-state index is 12.4. The van der Waals surface area contributed by atoms with Gasteiger partial charge in [0.2, 0.25) is 0 Å². The molecule has 0 fully saturated rings. The number of ether oxygens (including phenoxy) is 1. The number of hydrazone groups is 1. The molecule has 144 valence electrons. The second-order valence-corrected chi connectivity index (χ2v) is 6.78. The van der Waals surface area contributed by atoms with Crippen molar-refractivity contribution in [3.8, 4) is 5.69 Å². The number of aromatic nitrogens is 1. The van der Waals surface area contributed by atoms with Gasteiger partial charge in [-0.15, -0.1) is 0 Å². The average Bonchev–Trinajstić information content (AvgIpc) is 2.97. The van der Waals surface area contributed by atoms with Gasteiger partial charge in [0.1, 0.15) is 0 Å². The van der Waals surface area contributed by atoms with E-state index in [4.69, 9.17) is 16.3 Å². The zero-order valence-corrected chi connectivity index (χ0v) is 16.8. The number of amides is 1. The number of halogens is 1. The number of rotatable bonds is 6. The van der Waals surface area contributed by atoms with Crippen LogP contribution in [0.5, 0.6) is 0 Å². The summed E-state index contributed by atoms with van der Waals surface area (Å²) >= 11 is 6.34. The van der Waals surface area contributed by atoms with Crippen molar-refractivity contribution in [2.24, 2.45) is 5.10 Å². The number of para-hydroxylation sites is 1. The predicted octanol–water partition coefficient (Wildman–Crippen LogP) is 4.59. The highest BCUT2D eigenvalue weighted by Crippen LogP contribution is 2.25. The molecule has 0 aliphatic carbocycles. The van der Waals surface area contributed by atoms with Crippen LogP contribution in [-0.4, -0.2) is 23.8 Å². The number of aryl methyl sites for hydroxylation is 1. The molecular formula is C22H22ClN3O2. The molecule has 1 aromatic heterocycles. The Balaban J connectivity index is 1.77.